The van der Waals surface area contributed by atoms with E-state index in [-0.39, 0.29) is 14.9 Å². The van der Waals surface area contributed by atoms with Gasteiger partial charge in [0, 0.05) is 16.6 Å². The van der Waals surface area contributed by atoms with Crippen LogP contribution in [0.1, 0.15) is 15.9 Å². The lowest BCUT2D eigenvalue weighted by Gasteiger charge is -2.13. The highest BCUT2D eigenvalue weighted by Gasteiger charge is 2.37. The summed E-state index contributed by atoms with van der Waals surface area (Å²) in [7, 11) is 0. The molecular formula is C17H9BrN2O4S2. The minimum atomic E-state index is -0.515. The summed E-state index contributed by atoms with van der Waals surface area (Å²) in [5, 5.41) is 10.7. The summed E-state index contributed by atoms with van der Waals surface area (Å²) < 4.78 is 0.710. The molecule has 130 valence electrons. The number of hydrogen-bond donors (Lipinski definition) is 0. The number of rotatable bonds is 3. The van der Waals surface area contributed by atoms with E-state index in [0.29, 0.717) is 15.6 Å². The first-order valence-electron chi connectivity index (χ1n) is 7.20. The Kier molecular flexibility index (Phi) is 5.30. The maximum absolute atomic E-state index is 12.7. The van der Waals surface area contributed by atoms with Crippen molar-refractivity contribution >= 4 is 67.8 Å². The van der Waals surface area contributed by atoms with Crippen LogP contribution in [0.3, 0.4) is 0 Å². The number of nitro groups is 1. The molecule has 0 saturated carbocycles. The Hall–Kier alpha value is -2.36. The molecule has 1 fully saturated rings. The number of nitrogens with zero attached hydrogens (tertiary/aromatic N) is 2. The monoisotopic (exact) mass is 448 g/mol. The summed E-state index contributed by atoms with van der Waals surface area (Å²) in [6, 6.07) is 12.5. The van der Waals surface area contributed by atoms with E-state index in [1.54, 1.807) is 30.3 Å². The van der Waals surface area contributed by atoms with Crippen LogP contribution >= 0.6 is 39.9 Å². The van der Waals surface area contributed by atoms with Crippen LogP contribution in [-0.4, -0.2) is 26.0 Å². The molecule has 1 aliphatic rings. The molecule has 1 heterocycles. The fourth-order valence-corrected chi connectivity index (χ4v) is 3.95. The number of benzene rings is 2. The molecule has 6 nitrogen and oxygen atoms in total. The second kappa shape index (κ2) is 7.48. The van der Waals surface area contributed by atoms with Crippen molar-refractivity contribution in [3.05, 3.63) is 79.2 Å². The predicted octanol–water partition coefficient (Wildman–Crippen LogP) is 4.40. The van der Waals surface area contributed by atoms with Crippen molar-refractivity contribution in [2.75, 3.05) is 0 Å². The summed E-state index contributed by atoms with van der Waals surface area (Å²) in [4.78, 5) is 36.7. The third-order valence-electron chi connectivity index (χ3n) is 3.50. The van der Waals surface area contributed by atoms with Gasteiger partial charge in [0.05, 0.1) is 15.4 Å². The van der Waals surface area contributed by atoms with Gasteiger partial charge in [0.1, 0.15) is 0 Å². The van der Waals surface area contributed by atoms with Crippen LogP contribution in [0.25, 0.3) is 6.08 Å². The smallest absolute Gasteiger partial charge is 0.268 e. The molecule has 3 rings (SSSR count). The zero-order valence-electron chi connectivity index (χ0n) is 12.9. The molecule has 0 atom stereocenters. The Morgan fingerprint density at radius 2 is 1.85 bits per heavy atom. The molecule has 2 amide bonds. The molecule has 0 radical (unpaired) electrons. The molecule has 0 aliphatic carbocycles. The third kappa shape index (κ3) is 3.59. The molecule has 2 aromatic carbocycles. The number of halogens is 1. The molecule has 2 aromatic rings. The van der Waals surface area contributed by atoms with Gasteiger partial charge in [0.25, 0.3) is 17.5 Å². The minimum absolute atomic E-state index is 0.0428. The van der Waals surface area contributed by atoms with Crippen molar-refractivity contribution in [3.8, 4) is 0 Å². The maximum Gasteiger partial charge on any atom is 0.273 e. The quantitative estimate of drug-likeness (QED) is 0.227. The highest BCUT2D eigenvalue weighted by Crippen LogP contribution is 2.34. The van der Waals surface area contributed by atoms with Crippen LogP contribution in [0.4, 0.5) is 5.69 Å². The number of hydrogen-bond acceptors (Lipinski definition) is 6. The zero-order valence-corrected chi connectivity index (χ0v) is 16.1. The zero-order chi connectivity index (χ0) is 18.8. The van der Waals surface area contributed by atoms with Gasteiger partial charge in [-0.2, -0.15) is 0 Å². The van der Waals surface area contributed by atoms with Gasteiger partial charge in [-0.25, -0.2) is 4.90 Å². The number of carbonyl (C=O) groups is 2. The van der Waals surface area contributed by atoms with Crippen molar-refractivity contribution in [2.24, 2.45) is 0 Å². The Labute approximate surface area is 166 Å². The second-order valence-electron chi connectivity index (χ2n) is 5.15. The third-order valence-corrected chi connectivity index (χ3v) is 5.50. The van der Waals surface area contributed by atoms with Crippen molar-refractivity contribution in [3.63, 3.8) is 0 Å². The SMILES string of the molecule is O=C1/C(=C\c2ccc([N+](=O)[O-])cc2)SC(=S)N1C(=O)c1ccccc1Br. The van der Waals surface area contributed by atoms with E-state index in [4.69, 9.17) is 12.2 Å². The lowest BCUT2D eigenvalue weighted by Crippen LogP contribution is -2.34. The van der Waals surface area contributed by atoms with Gasteiger partial charge in [0.2, 0.25) is 0 Å². The van der Waals surface area contributed by atoms with Crippen LogP contribution in [0.15, 0.2) is 57.9 Å². The molecular weight excluding hydrogens is 440 g/mol. The van der Waals surface area contributed by atoms with E-state index in [9.17, 15) is 19.7 Å². The van der Waals surface area contributed by atoms with E-state index in [0.717, 1.165) is 16.7 Å². The summed E-state index contributed by atoms with van der Waals surface area (Å²) in [5.41, 5.74) is 0.892. The Morgan fingerprint density at radius 1 is 1.19 bits per heavy atom. The summed E-state index contributed by atoms with van der Waals surface area (Å²) in [5.74, 6) is -1.02. The molecule has 0 spiro atoms. The molecule has 1 aliphatic heterocycles. The Balaban J connectivity index is 1.88. The largest absolute Gasteiger partial charge is 0.273 e. The first-order valence-corrected chi connectivity index (χ1v) is 9.21. The van der Waals surface area contributed by atoms with E-state index in [2.05, 4.69) is 15.9 Å². The van der Waals surface area contributed by atoms with Gasteiger partial charge in [0.15, 0.2) is 4.32 Å². The molecule has 0 aromatic heterocycles. The van der Waals surface area contributed by atoms with E-state index in [1.165, 1.54) is 24.3 Å². The van der Waals surface area contributed by atoms with Gasteiger partial charge in [-0.1, -0.05) is 36.1 Å². The minimum Gasteiger partial charge on any atom is -0.268 e. The van der Waals surface area contributed by atoms with E-state index < -0.39 is 16.7 Å². The normalized spacial score (nSPS) is 15.6. The number of carbonyl (C=O) groups excluding carboxylic acids is 2. The number of thioether (sulfide) groups is 1. The van der Waals surface area contributed by atoms with Crippen LogP contribution < -0.4 is 0 Å². The molecule has 1 saturated heterocycles. The van der Waals surface area contributed by atoms with E-state index >= 15 is 0 Å². The number of non-ortho nitro benzene ring substituents is 1. The molecule has 0 N–H and O–H groups in total. The van der Waals surface area contributed by atoms with Gasteiger partial charge in [-0.3, -0.25) is 19.7 Å². The van der Waals surface area contributed by atoms with Gasteiger partial charge < -0.3 is 0 Å². The van der Waals surface area contributed by atoms with Crippen LogP contribution in [0.2, 0.25) is 0 Å². The summed E-state index contributed by atoms with van der Waals surface area (Å²) in [6.07, 6.45) is 1.55. The second-order valence-corrected chi connectivity index (χ2v) is 7.68. The van der Waals surface area contributed by atoms with Crippen LogP contribution in [0, 0.1) is 10.1 Å². The predicted molar refractivity (Wildman–Crippen MR) is 107 cm³/mol. The first-order chi connectivity index (χ1) is 12.4. The van der Waals surface area contributed by atoms with Crippen LogP contribution in [0.5, 0.6) is 0 Å². The van der Waals surface area contributed by atoms with Crippen molar-refractivity contribution in [1.82, 2.24) is 4.90 Å². The van der Waals surface area contributed by atoms with E-state index in [1.807, 2.05) is 0 Å². The fraction of sp³-hybridized carbons (Fsp3) is 0. The van der Waals surface area contributed by atoms with Crippen LogP contribution in [-0.2, 0) is 4.79 Å². The van der Waals surface area contributed by atoms with Crippen molar-refractivity contribution < 1.29 is 14.5 Å². The Bertz CT molecular complexity index is 973. The average molecular weight is 449 g/mol. The van der Waals surface area contributed by atoms with Gasteiger partial charge in [-0.15, -0.1) is 0 Å². The summed E-state index contributed by atoms with van der Waals surface area (Å²) in [6.45, 7) is 0. The molecule has 9 heteroatoms. The fourth-order valence-electron chi connectivity index (χ4n) is 2.24. The van der Waals surface area contributed by atoms with Gasteiger partial charge >= 0.3 is 0 Å². The lowest BCUT2D eigenvalue weighted by molar-refractivity contribution is -0.384. The molecule has 0 unspecified atom stereocenters. The topological polar surface area (TPSA) is 80.5 Å². The van der Waals surface area contributed by atoms with Crippen molar-refractivity contribution in [2.45, 2.75) is 0 Å². The summed E-state index contributed by atoms with van der Waals surface area (Å²) >= 11 is 9.49. The van der Waals surface area contributed by atoms with Crippen molar-refractivity contribution in [1.29, 1.82) is 0 Å². The molecule has 0 bridgehead atoms. The number of imide groups is 1. The number of thiocarbonyl (C=S) groups is 1. The average Bonchev–Trinajstić information content (AvgIpc) is 2.89. The molecule has 26 heavy (non-hydrogen) atoms. The Morgan fingerprint density at radius 3 is 2.46 bits per heavy atom. The standard InChI is InChI=1S/C17H9BrN2O4S2/c18-13-4-2-1-3-12(13)15(21)19-16(22)14(26-17(19)25)9-10-5-7-11(8-6-10)20(23)24/h1-9H/b14-9+. The highest BCUT2D eigenvalue weighted by molar-refractivity contribution is 9.10. The van der Waals surface area contributed by atoms with Gasteiger partial charge in [-0.05, 0) is 51.8 Å². The first kappa shape index (κ1) is 18.4. The maximum atomic E-state index is 12.7. The highest BCUT2D eigenvalue weighted by atomic mass is 79.9. The number of nitro benzene ring substituents is 1. The lowest BCUT2D eigenvalue weighted by atomic mass is 10.2. The number of amides is 2.